The number of hydrogen-bond acceptors (Lipinski definition) is 2. The number of carbonyl (C=O) groups is 2. The van der Waals surface area contributed by atoms with Gasteiger partial charge in [0.25, 0.3) is 0 Å². The number of amides is 2. The first-order valence-corrected chi connectivity index (χ1v) is 10.4. The largest absolute Gasteiger partial charge is 0.352 e. The van der Waals surface area contributed by atoms with Crippen LogP contribution in [0.1, 0.15) is 50.2 Å². The number of carbonyl (C=O) groups excluding carboxylic acids is 2. The van der Waals surface area contributed by atoms with Crippen molar-refractivity contribution in [1.82, 2.24) is 10.2 Å². The zero-order valence-electron chi connectivity index (χ0n) is 16.9. The van der Waals surface area contributed by atoms with Gasteiger partial charge in [-0.25, -0.2) is 4.39 Å². The maximum atomic E-state index is 13.3. The fourth-order valence-electron chi connectivity index (χ4n) is 3.91. The van der Waals surface area contributed by atoms with E-state index in [4.69, 9.17) is 0 Å². The van der Waals surface area contributed by atoms with Crippen LogP contribution in [-0.2, 0) is 22.6 Å². The topological polar surface area (TPSA) is 49.4 Å². The summed E-state index contributed by atoms with van der Waals surface area (Å²) in [5.41, 5.74) is 1.81. The van der Waals surface area contributed by atoms with Crippen molar-refractivity contribution in [3.05, 3.63) is 71.5 Å². The molecule has 0 bridgehead atoms. The highest BCUT2D eigenvalue weighted by molar-refractivity contribution is 5.88. The lowest BCUT2D eigenvalue weighted by molar-refractivity contribution is -0.141. The summed E-state index contributed by atoms with van der Waals surface area (Å²) < 4.78 is 13.3. The van der Waals surface area contributed by atoms with Crippen LogP contribution in [0.5, 0.6) is 0 Å². The molecule has 1 aliphatic carbocycles. The third-order valence-electron chi connectivity index (χ3n) is 5.54. The molecule has 5 heteroatoms. The van der Waals surface area contributed by atoms with E-state index in [0.717, 1.165) is 36.8 Å². The van der Waals surface area contributed by atoms with Gasteiger partial charge in [0, 0.05) is 25.4 Å². The Balaban J connectivity index is 1.86. The zero-order chi connectivity index (χ0) is 20.6. The molecule has 1 atom stereocenters. The van der Waals surface area contributed by atoms with Crippen LogP contribution in [0.3, 0.4) is 0 Å². The monoisotopic (exact) mass is 396 g/mol. The van der Waals surface area contributed by atoms with Crippen LogP contribution in [0.2, 0.25) is 0 Å². The summed E-state index contributed by atoms with van der Waals surface area (Å²) >= 11 is 0. The van der Waals surface area contributed by atoms with Crippen molar-refractivity contribution in [1.29, 1.82) is 0 Å². The van der Waals surface area contributed by atoms with Gasteiger partial charge in [-0.2, -0.15) is 0 Å². The van der Waals surface area contributed by atoms with Crippen molar-refractivity contribution >= 4 is 11.8 Å². The lowest BCUT2D eigenvalue weighted by atomic mass is 10.0. The molecular weight excluding hydrogens is 367 g/mol. The Bertz CT molecular complexity index is 801. The van der Waals surface area contributed by atoms with Gasteiger partial charge in [0.2, 0.25) is 11.8 Å². The van der Waals surface area contributed by atoms with Crippen LogP contribution in [-0.4, -0.2) is 28.8 Å². The summed E-state index contributed by atoms with van der Waals surface area (Å²) in [6, 6.07) is 15.4. The molecule has 0 aromatic heterocycles. The third kappa shape index (κ3) is 5.89. The molecule has 1 fully saturated rings. The number of benzene rings is 2. The van der Waals surface area contributed by atoms with Gasteiger partial charge in [-0.3, -0.25) is 9.59 Å². The first kappa shape index (κ1) is 21.0. The molecule has 0 unspecified atom stereocenters. The van der Waals surface area contributed by atoms with Crippen LogP contribution in [0.25, 0.3) is 0 Å². The molecular formula is C24H29FN2O2. The van der Waals surface area contributed by atoms with Crippen LogP contribution < -0.4 is 5.32 Å². The van der Waals surface area contributed by atoms with Crippen LogP contribution in [0.15, 0.2) is 54.6 Å². The second kappa shape index (κ2) is 10.2. The Hall–Kier alpha value is -2.69. The second-order valence-electron chi connectivity index (χ2n) is 7.70. The minimum atomic E-state index is -0.601. The van der Waals surface area contributed by atoms with Crippen molar-refractivity contribution in [3.63, 3.8) is 0 Å². The summed E-state index contributed by atoms with van der Waals surface area (Å²) in [5, 5.41) is 3.16. The standard InChI is InChI=1S/C24H29FN2O2/c1-2-23(28)27(17-19-12-14-20(25)15-13-19)22(16-18-8-4-3-5-9-18)24(29)26-21-10-6-7-11-21/h3-5,8-9,12-15,21-22H,2,6-7,10-11,16-17H2,1H3,(H,26,29)/t22-/m0/s1. The Morgan fingerprint density at radius 3 is 2.31 bits per heavy atom. The molecule has 2 aromatic carbocycles. The van der Waals surface area contributed by atoms with Crippen molar-refractivity contribution < 1.29 is 14.0 Å². The maximum Gasteiger partial charge on any atom is 0.243 e. The molecule has 0 saturated heterocycles. The number of nitrogens with zero attached hydrogens (tertiary/aromatic N) is 1. The quantitative estimate of drug-likeness (QED) is 0.726. The number of nitrogens with one attached hydrogen (secondary N) is 1. The minimum absolute atomic E-state index is 0.0863. The van der Waals surface area contributed by atoms with Crippen molar-refractivity contribution in [3.8, 4) is 0 Å². The first-order valence-electron chi connectivity index (χ1n) is 10.4. The Labute approximate surface area is 172 Å². The number of halogens is 1. The Morgan fingerprint density at radius 1 is 1.03 bits per heavy atom. The van der Waals surface area contributed by atoms with Crippen LogP contribution in [0.4, 0.5) is 4.39 Å². The van der Waals surface area contributed by atoms with E-state index >= 15 is 0 Å². The molecule has 1 saturated carbocycles. The molecule has 0 spiro atoms. The number of hydrogen-bond donors (Lipinski definition) is 1. The van der Waals surface area contributed by atoms with E-state index in [1.54, 1.807) is 24.0 Å². The van der Waals surface area contributed by atoms with E-state index in [1.807, 2.05) is 30.3 Å². The van der Waals surface area contributed by atoms with E-state index in [2.05, 4.69) is 5.32 Å². The van der Waals surface area contributed by atoms with Crippen LogP contribution in [0, 0.1) is 5.82 Å². The Kier molecular flexibility index (Phi) is 7.39. The van der Waals surface area contributed by atoms with E-state index in [9.17, 15) is 14.0 Å². The average molecular weight is 397 g/mol. The van der Waals surface area contributed by atoms with Gasteiger partial charge < -0.3 is 10.2 Å². The molecule has 0 aliphatic heterocycles. The highest BCUT2D eigenvalue weighted by atomic mass is 19.1. The van der Waals surface area contributed by atoms with E-state index < -0.39 is 6.04 Å². The lowest BCUT2D eigenvalue weighted by Crippen LogP contribution is -2.52. The van der Waals surface area contributed by atoms with Gasteiger partial charge >= 0.3 is 0 Å². The Morgan fingerprint density at radius 2 is 1.69 bits per heavy atom. The van der Waals surface area contributed by atoms with Gasteiger partial charge in [-0.1, -0.05) is 62.2 Å². The van der Waals surface area contributed by atoms with E-state index in [1.165, 1.54) is 12.1 Å². The fourth-order valence-corrected chi connectivity index (χ4v) is 3.91. The third-order valence-corrected chi connectivity index (χ3v) is 5.54. The number of rotatable bonds is 8. The van der Waals surface area contributed by atoms with Gasteiger partial charge in [0.1, 0.15) is 11.9 Å². The first-order chi connectivity index (χ1) is 14.1. The molecule has 29 heavy (non-hydrogen) atoms. The lowest BCUT2D eigenvalue weighted by Gasteiger charge is -2.32. The smallest absolute Gasteiger partial charge is 0.243 e. The molecule has 1 N–H and O–H groups in total. The molecule has 4 nitrogen and oxygen atoms in total. The van der Waals surface area contributed by atoms with Gasteiger partial charge in [0.15, 0.2) is 0 Å². The summed E-state index contributed by atoms with van der Waals surface area (Å²) in [6.07, 6.45) is 4.99. The summed E-state index contributed by atoms with van der Waals surface area (Å²) in [6.45, 7) is 2.08. The van der Waals surface area contributed by atoms with Crippen molar-refractivity contribution in [2.24, 2.45) is 0 Å². The zero-order valence-corrected chi connectivity index (χ0v) is 16.9. The highest BCUT2D eigenvalue weighted by Crippen LogP contribution is 2.20. The fraction of sp³-hybridized carbons (Fsp3) is 0.417. The molecule has 3 rings (SSSR count). The van der Waals surface area contributed by atoms with Crippen LogP contribution >= 0.6 is 0 Å². The predicted octanol–water partition coefficient (Wildman–Crippen LogP) is 4.23. The van der Waals surface area contributed by atoms with Gasteiger partial charge in [0.05, 0.1) is 0 Å². The minimum Gasteiger partial charge on any atom is -0.352 e. The molecule has 0 heterocycles. The molecule has 2 amide bonds. The molecule has 154 valence electrons. The molecule has 0 radical (unpaired) electrons. The summed E-state index contributed by atoms with van der Waals surface area (Å²) in [5.74, 6) is -0.511. The highest BCUT2D eigenvalue weighted by Gasteiger charge is 2.31. The summed E-state index contributed by atoms with van der Waals surface area (Å²) in [7, 11) is 0. The van der Waals surface area contributed by atoms with E-state index in [-0.39, 0.29) is 30.2 Å². The maximum absolute atomic E-state index is 13.3. The van der Waals surface area contributed by atoms with Gasteiger partial charge in [-0.15, -0.1) is 0 Å². The van der Waals surface area contributed by atoms with E-state index in [0.29, 0.717) is 12.8 Å². The van der Waals surface area contributed by atoms with Crippen molar-refractivity contribution in [2.75, 3.05) is 0 Å². The average Bonchev–Trinajstić information content (AvgIpc) is 3.25. The van der Waals surface area contributed by atoms with Gasteiger partial charge in [-0.05, 0) is 36.1 Å². The van der Waals surface area contributed by atoms with Crippen molar-refractivity contribution in [2.45, 2.75) is 64.1 Å². The predicted molar refractivity (Wildman–Crippen MR) is 112 cm³/mol. The molecule has 2 aromatic rings. The second-order valence-corrected chi connectivity index (χ2v) is 7.70. The summed E-state index contributed by atoms with van der Waals surface area (Å²) in [4.78, 5) is 27.7. The normalized spacial score (nSPS) is 15.1. The SMILES string of the molecule is CCC(=O)N(Cc1ccc(F)cc1)[C@@H](Cc1ccccc1)C(=O)NC1CCCC1. The molecule has 1 aliphatic rings.